The molecule has 6 heteroatoms. The summed E-state index contributed by atoms with van der Waals surface area (Å²) in [4.78, 5) is 14.6. The van der Waals surface area contributed by atoms with E-state index < -0.39 is 0 Å². The van der Waals surface area contributed by atoms with E-state index in [1.165, 1.54) is 11.1 Å². The Bertz CT molecular complexity index is 836. The van der Waals surface area contributed by atoms with Gasteiger partial charge >= 0.3 is 6.03 Å². The highest BCUT2D eigenvalue weighted by atomic mass is 16.5. The molecular formula is C23H30N2O4. The van der Waals surface area contributed by atoms with Crippen molar-refractivity contribution in [1.82, 2.24) is 10.2 Å². The normalized spacial score (nSPS) is 14.0. The molecule has 3 rings (SSSR count). The van der Waals surface area contributed by atoms with Crippen molar-refractivity contribution in [3.63, 3.8) is 0 Å². The Morgan fingerprint density at radius 1 is 1.03 bits per heavy atom. The molecule has 1 atom stereocenters. The van der Waals surface area contributed by atoms with Gasteiger partial charge in [-0.2, -0.15) is 0 Å². The molecule has 0 radical (unpaired) electrons. The summed E-state index contributed by atoms with van der Waals surface area (Å²) in [5.74, 6) is 2.28. The molecule has 2 amide bonds. The molecule has 2 aromatic rings. The van der Waals surface area contributed by atoms with Gasteiger partial charge < -0.3 is 24.4 Å². The molecule has 1 aliphatic heterocycles. The second kappa shape index (κ2) is 9.54. The van der Waals surface area contributed by atoms with Crippen molar-refractivity contribution >= 4 is 6.03 Å². The van der Waals surface area contributed by atoms with Gasteiger partial charge in [-0.15, -0.1) is 0 Å². The lowest BCUT2D eigenvalue weighted by atomic mass is 9.99. The molecule has 1 N–H and O–H groups in total. The van der Waals surface area contributed by atoms with Crippen LogP contribution in [-0.2, 0) is 19.4 Å². The van der Waals surface area contributed by atoms with Crippen molar-refractivity contribution < 1.29 is 19.0 Å². The van der Waals surface area contributed by atoms with Crippen LogP contribution in [0.15, 0.2) is 36.4 Å². The van der Waals surface area contributed by atoms with Crippen LogP contribution in [0.5, 0.6) is 17.2 Å². The zero-order valence-corrected chi connectivity index (χ0v) is 17.7. The molecule has 0 spiro atoms. The molecule has 29 heavy (non-hydrogen) atoms. The maximum absolute atomic E-state index is 12.7. The molecule has 1 aliphatic rings. The van der Waals surface area contributed by atoms with E-state index in [4.69, 9.17) is 14.2 Å². The molecule has 156 valence electrons. The molecule has 0 saturated carbocycles. The minimum Gasteiger partial charge on any atom is -0.497 e. The van der Waals surface area contributed by atoms with Crippen LogP contribution in [0.3, 0.4) is 0 Å². The highest BCUT2D eigenvalue weighted by Gasteiger charge is 2.23. The fraction of sp³-hybridized carbons (Fsp3) is 0.435. The van der Waals surface area contributed by atoms with Crippen molar-refractivity contribution in [1.29, 1.82) is 0 Å². The van der Waals surface area contributed by atoms with Crippen LogP contribution in [0.2, 0.25) is 0 Å². The van der Waals surface area contributed by atoms with E-state index in [0.717, 1.165) is 36.3 Å². The number of hydrogen-bond donors (Lipinski definition) is 1. The van der Waals surface area contributed by atoms with Gasteiger partial charge in [-0.05, 0) is 67.1 Å². The average molecular weight is 399 g/mol. The first-order valence-electron chi connectivity index (χ1n) is 9.96. The predicted molar refractivity (Wildman–Crippen MR) is 113 cm³/mol. The summed E-state index contributed by atoms with van der Waals surface area (Å²) in [6.45, 7) is 3.32. The van der Waals surface area contributed by atoms with E-state index in [2.05, 4.69) is 17.4 Å². The molecule has 0 aromatic heterocycles. The summed E-state index contributed by atoms with van der Waals surface area (Å²) in [6, 6.07) is 12.1. The topological polar surface area (TPSA) is 60.0 Å². The summed E-state index contributed by atoms with van der Waals surface area (Å²) in [7, 11) is 4.93. The first-order valence-corrected chi connectivity index (χ1v) is 9.96. The summed E-state index contributed by atoms with van der Waals surface area (Å²) < 4.78 is 16.0. The SMILES string of the molecule is COc1ccc(CCC(C)NC(=O)N2CCc3cc(OC)c(OC)cc3C2)cc1. The lowest BCUT2D eigenvalue weighted by Gasteiger charge is -2.30. The van der Waals surface area contributed by atoms with Crippen molar-refractivity contribution in [3.05, 3.63) is 53.1 Å². The van der Waals surface area contributed by atoms with E-state index in [-0.39, 0.29) is 12.1 Å². The number of ether oxygens (including phenoxy) is 3. The summed E-state index contributed by atoms with van der Waals surface area (Å²) in [5.41, 5.74) is 3.55. The average Bonchev–Trinajstić information content (AvgIpc) is 2.76. The van der Waals surface area contributed by atoms with Crippen LogP contribution in [0.25, 0.3) is 0 Å². The van der Waals surface area contributed by atoms with Gasteiger partial charge in [0.15, 0.2) is 11.5 Å². The quantitative estimate of drug-likeness (QED) is 0.771. The van der Waals surface area contributed by atoms with Crippen LogP contribution in [-0.4, -0.2) is 44.8 Å². The third kappa shape index (κ3) is 5.13. The Balaban J connectivity index is 1.54. The van der Waals surface area contributed by atoms with Gasteiger partial charge in [-0.25, -0.2) is 4.79 Å². The first-order chi connectivity index (χ1) is 14.0. The zero-order valence-electron chi connectivity index (χ0n) is 17.7. The Morgan fingerprint density at radius 3 is 2.31 bits per heavy atom. The number of methoxy groups -OCH3 is 3. The van der Waals surface area contributed by atoms with Crippen molar-refractivity contribution in [2.24, 2.45) is 0 Å². The van der Waals surface area contributed by atoms with Gasteiger partial charge in [-0.3, -0.25) is 0 Å². The third-order valence-electron chi connectivity index (χ3n) is 5.40. The lowest BCUT2D eigenvalue weighted by molar-refractivity contribution is 0.188. The van der Waals surface area contributed by atoms with Gasteiger partial charge in [0.05, 0.1) is 21.3 Å². The highest BCUT2D eigenvalue weighted by Crippen LogP contribution is 2.33. The van der Waals surface area contributed by atoms with Crippen LogP contribution >= 0.6 is 0 Å². The maximum Gasteiger partial charge on any atom is 0.317 e. The summed E-state index contributed by atoms with van der Waals surface area (Å²) in [5, 5.41) is 3.13. The fourth-order valence-corrected chi connectivity index (χ4v) is 3.61. The van der Waals surface area contributed by atoms with Crippen LogP contribution in [0, 0.1) is 0 Å². The van der Waals surface area contributed by atoms with Gasteiger partial charge in [0.25, 0.3) is 0 Å². The molecule has 0 fully saturated rings. The molecule has 2 aromatic carbocycles. The Kier molecular flexibility index (Phi) is 6.86. The lowest BCUT2D eigenvalue weighted by Crippen LogP contribution is -2.46. The summed E-state index contributed by atoms with van der Waals surface area (Å²) in [6.07, 6.45) is 2.60. The van der Waals surface area contributed by atoms with Gasteiger partial charge in [-0.1, -0.05) is 12.1 Å². The van der Waals surface area contributed by atoms with Gasteiger partial charge in [0.1, 0.15) is 5.75 Å². The minimum absolute atomic E-state index is 0.0207. The van der Waals surface area contributed by atoms with Crippen LogP contribution in [0.1, 0.15) is 30.0 Å². The van der Waals surface area contributed by atoms with E-state index in [0.29, 0.717) is 18.8 Å². The molecule has 0 bridgehead atoms. The Morgan fingerprint density at radius 2 is 1.69 bits per heavy atom. The third-order valence-corrected chi connectivity index (χ3v) is 5.40. The van der Waals surface area contributed by atoms with E-state index in [1.54, 1.807) is 21.3 Å². The van der Waals surface area contributed by atoms with E-state index in [9.17, 15) is 4.79 Å². The zero-order chi connectivity index (χ0) is 20.8. The van der Waals surface area contributed by atoms with Gasteiger partial charge in [0.2, 0.25) is 0 Å². The first kappa shape index (κ1) is 20.8. The number of nitrogens with zero attached hydrogens (tertiary/aromatic N) is 1. The molecule has 0 saturated heterocycles. The molecule has 1 unspecified atom stereocenters. The second-order valence-electron chi connectivity index (χ2n) is 7.38. The van der Waals surface area contributed by atoms with E-state index >= 15 is 0 Å². The standard InChI is InChI=1S/C23H30N2O4/c1-16(5-6-17-7-9-20(27-2)10-8-17)24-23(26)25-12-11-18-13-21(28-3)22(29-4)14-19(18)15-25/h7-10,13-14,16H,5-6,11-12,15H2,1-4H3,(H,24,26). The Hall–Kier alpha value is -2.89. The molecule has 6 nitrogen and oxygen atoms in total. The largest absolute Gasteiger partial charge is 0.497 e. The number of aryl methyl sites for hydroxylation is 1. The fourth-order valence-electron chi connectivity index (χ4n) is 3.61. The maximum atomic E-state index is 12.7. The highest BCUT2D eigenvalue weighted by molar-refractivity contribution is 5.75. The van der Waals surface area contributed by atoms with E-state index in [1.807, 2.05) is 36.1 Å². The van der Waals surface area contributed by atoms with Crippen molar-refractivity contribution in [2.45, 2.75) is 38.8 Å². The molecular weight excluding hydrogens is 368 g/mol. The predicted octanol–water partition coefficient (Wildman–Crippen LogP) is 3.80. The number of fused-ring (bicyclic) bond motifs is 1. The number of carbonyl (C=O) groups excluding carboxylic acids is 1. The smallest absolute Gasteiger partial charge is 0.317 e. The number of carbonyl (C=O) groups is 1. The number of benzene rings is 2. The van der Waals surface area contributed by atoms with Crippen molar-refractivity contribution in [3.8, 4) is 17.2 Å². The summed E-state index contributed by atoms with van der Waals surface area (Å²) >= 11 is 0. The molecule has 1 heterocycles. The van der Waals surface area contributed by atoms with Crippen LogP contribution < -0.4 is 19.5 Å². The number of nitrogens with one attached hydrogen (secondary N) is 1. The number of rotatable bonds is 7. The van der Waals surface area contributed by atoms with Crippen molar-refractivity contribution in [2.75, 3.05) is 27.9 Å². The second-order valence-corrected chi connectivity index (χ2v) is 7.38. The molecule has 0 aliphatic carbocycles. The number of hydrogen-bond acceptors (Lipinski definition) is 4. The minimum atomic E-state index is -0.0207. The monoisotopic (exact) mass is 398 g/mol. The number of amides is 2. The number of urea groups is 1. The van der Waals surface area contributed by atoms with Gasteiger partial charge in [0, 0.05) is 19.1 Å². The Labute approximate surface area is 172 Å². The van der Waals surface area contributed by atoms with Crippen LogP contribution in [0.4, 0.5) is 4.79 Å².